The van der Waals surface area contributed by atoms with Crippen LogP contribution in [0.4, 0.5) is 0 Å². The first-order valence-electron chi connectivity index (χ1n) is 8.06. The molecule has 132 valence electrons. The molecule has 0 spiro atoms. The van der Waals surface area contributed by atoms with Gasteiger partial charge in [-0.3, -0.25) is 0 Å². The average molecular weight is 413 g/mol. The highest BCUT2D eigenvalue weighted by atomic mass is 79.9. The van der Waals surface area contributed by atoms with E-state index in [-0.39, 0.29) is 5.89 Å². The van der Waals surface area contributed by atoms with Gasteiger partial charge in [0.25, 0.3) is 5.89 Å². The molecule has 26 heavy (non-hydrogen) atoms. The van der Waals surface area contributed by atoms with Crippen molar-refractivity contribution < 1.29 is 13.9 Å². The zero-order valence-electron chi connectivity index (χ0n) is 14.3. The van der Waals surface area contributed by atoms with E-state index in [0.29, 0.717) is 5.89 Å². The lowest BCUT2D eigenvalue weighted by molar-refractivity contribution is -0.143. The Balaban J connectivity index is 1.63. The Labute approximate surface area is 159 Å². The Morgan fingerprint density at radius 3 is 2.69 bits per heavy atom. The average Bonchev–Trinajstić information content (AvgIpc) is 3.11. The minimum atomic E-state index is -0.638. The molecule has 0 aliphatic rings. The number of hydrogen-bond acceptors (Lipinski definition) is 5. The highest BCUT2D eigenvalue weighted by Gasteiger charge is 2.18. The molecule has 0 radical (unpaired) electrons. The molecular formula is C20H17BrN2O3. The van der Waals surface area contributed by atoms with E-state index < -0.39 is 12.1 Å². The molecule has 0 saturated carbocycles. The minimum absolute atomic E-state index is 0.254. The second kappa shape index (κ2) is 8.10. The monoisotopic (exact) mass is 412 g/mol. The number of ether oxygens (including phenoxy) is 1. The lowest BCUT2D eigenvalue weighted by atomic mass is 10.1. The van der Waals surface area contributed by atoms with Crippen molar-refractivity contribution in [2.45, 2.75) is 20.0 Å². The van der Waals surface area contributed by atoms with E-state index in [2.05, 4.69) is 26.1 Å². The summed E-state index contributed by atoms with van der Waals surface area (Å²) in [5.74, 6) is 0.171. The van der Waals surface area contributed by atoms with Crippen LogP contribution in [0, 0.1) is 6.92 Å². The number of hydrogen-bond donors (Lipinski definition) is 0. The smallest absolute Gasteiger partial charge is 0.331 e. The van der Waals surface area contributed by atoms with Crippen molar-refractivity contribution in [2.24, 2.45) is 0 Å². The van der Waals surface area contributed by atoms with Gasteiger partial charge in [-0.2, -0.15) is 0 Å². The Morgan fingerprint density at radius 1 is 1.19 bits per heavy atom. The molecule has 0 saturated heterocycles. The third kappa shape index (κ3) is 4.67. The second-order valence-electron chi connectivity index (χ2n) is 5.78. The van der Waals surface area contributed by atoms with Crippen LogP contribution in [-0.4, -0.2) is 16.2 Å². The molecule has 0 unspecified atom stereocenters. The number of halogens is 1. The van der Waals surface area contributed by atoms with Crippen LogP contribution in [-0.2, 0) is 9.53 Å². The third-order valence-electron chi connectivity index (χ3n) is 3.64. The maximum Gasteiger partial charge on any atom is 0.331 e. The van der Waals surface area contributed by atoms with Gasteiger partial charge in [0.1, 0.15) is 0 Å². The van der Waals surface area contributed by atoms with E-state index in [1.807, 2.05) is 55.5 Å². The molecule has 3 aromatic rings. The van der Waals surface area contributed by atoms with Crippen LogP contribution in [0.15, 0.2) is 63.5 Å². The standard InChI is InChI=1S/C20H17BrN2O3/c1-13-6-9-16(10-7-13)20-23-22-19(26-20)14(2)25-18(24)11-8-15-4-3-5-17(21)12-15/h3-12,14H,1-2H3/b11-8+/t14-/m0/s1. The molecular weight excluding hydrogens is 396 g/mol. The largest absolute Gasteiger partial charge is 0.449 e. The molecule has 1 aromatic heterocycles. The molecule has 0 N–H and O–H groups in total. The van der Waals surface area contributed by atoms with Gasteiger partial charge >= 0.3 is 5.97 Å². The van der Waals surface area contributed by atoms with Crippen LogP contribution < -0.4 is 0 Å². The van der Waals surface area contributed by atoms with Crippen molar-refractivity contribution >= 4 is 28.0 Å². The molecule has 0 bridgehead atoms. The number of nitrogens with zero attached hydrogens (tertiary/aromatic N) is 2. The van der Waals surface area contributed by atoms with Gasteiger partial charge in [-0.1, -0.05) is 45.8 Å². The van der Waals surface area contributed by atoms with Crippen molar-refractivity contribution in [1.29, 1.82) is 0 Å². The van der Waals surface area contributed by atoms with E-state index in [1.165, 1.54) is 6.08 Å². The number of benzene rings is 2. The van der Waals surface area contributed by atoms with Crippen LogP contribution in [0.3, 0.4) is 0 Å². The van der Waals surface area contributed by atoms with Gasteiger partial charge in [-0.05, 0) is 49.8 Å². The lowest BCUT2D eigenvalue weighted by Gasteiger charge is -2.06. The van der Waals surface area contributed by atoms with Crippen LogP contribution in [0.25, 0.3) is 17.5 Å². The van der Waals surface area contributed by atoms with Crippen molar-refractivity contribution in [3.05, 3.63) is 76.1 Å². The van der Waals surface area contributed by atoms with Crippen molar-refractivity contribution in [3.8, 4) is 11.5 Å². The maximum atomic E-state index is 12.0. The number of carbonyl (C=O) groups is 1. The molecule has 1 atom stereocenters. The zero-order chi connectivity index (χ0) is 18.5. The Hall–Kier alpha value is -2.73. The number of aryl methyl sites for hydroxylation is 1. The predicted octanol–water partition coefficient (Wildman–Crippen LogP) is 5.13. The summed E-state index contributed by atoms with van der Waals surface area (Å²) in [5, 5.41) is 7.99. The predicted molar refractivity (Wildman–Crippen MR) is 102 cm³/mol. The fourth-order valence-electron chi connectivity index (χ4n) is 2.25. The highest BCUT2D eigenvalue weighted by molar-refractivity contribution is 9.10. The number of esters is 1. The van der Waals surface area contributed by atoms with Crippen molar-refractivity contribution in [1.82, 2.24) is 10.2 Å². The molecule has 6 heteroatoms. The van der Waals surface area contributed by atoms with Gasteiger partial charge in [0.2, 0.25) is 5.89 Å². The molecule has 0 aliphatic heterocycles. The molecule has 2 aromatic carbocycles. The molecule has 3 rings (SSSR count). The van der Waals surface area contributed by atoms with Crippen molar-refractivity contribution in [2.75, 3.05) is 0 Å². The van der Waals surface area contributed by atoms with Gasteiger partial charge in [-0.25, -0.2) is 4.79 Å². The van der Waals surface area contributed by atoms with Crippen LogP contribution in [0.1, 0.15) is 30.0 Å². The summed E-state index contributed by atoms with van der Waals surface area (Å²) in [6.07, 6.45) is 2.42. The van der Waals surface area contributed by atoms with Crippen LogP contribution >= 0.6 is 15.9 Å². The van der Waals surface area contributed by atoms with Crippen LogP contribution in [0.2, 0.25) is 0 Å². The molecule has 0 amide bonds. The summed E-state index contributed by atoms with van der Waals surface area (Å²) in [5.41, 5.74) is 2.86. The summed E-state index contributed by atoms with van der Waals surface area (Å²) in [4.78, 5) is 12.0. The lowest BCUT2D eigenvalue weighted by Crippen LogP contribution is -2.06. The highest BCUT2D eigenvalue weighted by Crippen LogP contribution is 2.23. The van der Waals surface area contributed by atoms with Gasteiger partial charge in [0.05, 0.1) is 0 Å². The Bertz CT molecular complexity index is 932. The Morgan fingerprint density at radius 2 is 1.96 bits per heavy atom. The molecule has 0 fully saturated rings. The van der Waals surface area contributed by atoms with Gasteiger partial charge in [0.15, 0.2) is 6.10 Å². The zero-order valence-corrected chi connectivity index (χ0v) is 15.9. The molecule has 0 aliphatic carbocycles. The van der Waals surface area contributed by atoms with Gasteiger partial charge < -0.3 is 9.15 Å². The van der Waals surface area contributed by atoms with E-state index in [9.17, 15) is 4.79 Å². The summed E-state index contributed by atoms with van der Waals surface area (Å²) in [6, 6.07) is 15.4. The number of carbonyl (C=O) groups excluding carboxylic acids is 1. The quantitative estimate of drug-likeness (QED) is 0.429. The summed E-state index contributed by atoms with van der Waals surface area (Å²) in [6.45, 7) is 3.70. The summed E-state index contributed by atoms with van der Waals surface area (Å²) >= 11 is 3.39. The number of rotatable bonds is 5. The fourth-order valence-corrected chi connectivity index (χ4v) is 2.67. The number of aromatic nitrogens is 2. The second-order valence-corrected chi connectivity index (χ2v) is 6.69. The summed E-state index contributed by atoms with van der Waals surface area (Å²) in [7, 11) is 0. The summed E-state index contributed by atoms with van der Waals surface area (Å²) < 4.78 is 11.9. The SMILES string of the molecule is Cc1ccc(-c2nnc([C@H](C)OC(=O)/C=C/c3cccc(Br)c3)o2)cc1. The first-order valence-corrected chi connectivity index (χ1v) is 8.85. The minimum Gasteiger partial charge on any atom is -0.449 e. The molecule has 1 heterocycles. The van der Waals surface area contributed by atoms with E-state index in [0.717, 1.165) is 21.2 Å². The van der Waals surface area contributed by atoms with Gasteiger partial charge in [0, 0.05) is 16.1 Å². The first-order chi connectivity index (χ1) is 12.5. The topological polar surface area (TPSA) is 65.2 Å². The first kappa shape index (κ1) is 18.1. The van der Waals surface area contributed by atoms with E-state index in [1.54, 1.807) is 13.0 Å². The van der Waals surface area contributed by atoms with E-state index >= 15 is 0 Å². The van der Waals surface area contributed by atoms with Gasteiger partial charge in [-0.15, -0.1) is 10.2 Å². The maximum absolute atomic E-state index is 12.0. The van der Waals surface area contributed by atoms with Crippen LogP contribution in [0.5, 0.6) is 0 Å². The fraction of sp³-hybridized carbons (Fsp3) is 0.150. The third-order valence-corrected chi connectivity index (χ3v) is 4.13. The normalized spacial score (nSPS) is 12.3. The Kier molecular flexibility index (Phi) is 5.63. The van der Waals surface area contributed by atoms with Crippen molar-refractivity contribution in [3.63, 3.8) is 0 Å². The molecule has 5 nitrogen and oxygen atoms in total. The van der Waals surface area contributed by atoms with E-state index in [4.69, 9.17) is 9.15 Å².